The highest BCUT2D eigenvalue weighted by Gasteiger charge is 2.16. The van der Waals surface area contributed by atoms with E-state index in [4.69, 9.17) is 9.15 Å². The highest BCUT2D eigenvalue weighted by atomic mass is 16.5. The van der Waals surface area contributed by atoms with Gasteiger partial charge in [-0.2, -0.15) is 0 Å². The molecule has 0 spiro atoms. The number of carbonyl (C=O) groups is 1. The first-order valence-corrected chi connectivity index (χ1v) is 5.96. The van der Waals surface area contributed by atoms with Gasteiger partial charge in [-0.3, -0.25) is 0 Å². The van der Waals surface area contributed by atoms with Crippen molar-refractivity contribution < 1.29 is 13.9 Å². The van der Waals surface area contributed by atoms with E-state index in [1.807, 2.05) is 31.2 Å². The van der Waals surface area contributed by atoms with Gasteiger partial charge in [-0.15, -0.1) is 0 Å². The van der Waals surface area contributed by atoms with Crippen molar-refractivity contribution >= 4 is 5.97 Å². The van der Waals surface area contributed by atoms with Gasteiger partial charge in [0, 0.05) is 5.56 Å². The standard InChI is InChI=1S/C15H16O3/c1-4-17-15(16)13-9-14(18-11(13)3)12-7-5-6-10(2)8-12/h5-9H,4H2,1-3H3. The molecule has 0 radical (unpaired) electrons. The molecule has 0 aliphatic carbocycles. The molecule has 18 heavy (non-hydrogen) atoms. The molecule has 0 fully saturated rings. The smallest absolute Gasteiger partial charge is 0.341 e. The summed E-state index contributed by atoms with van der Waals surface area (Å²) in [4.78, 5) is 11.7. The molecule has 0 bridgehead atoms. The zero-order chi connectivity index (χ0) is 13.1. The van der Waals surface area contributed by atoms with Crippen molar-refractivity contribution in [2.24, 2.45) is 0 Å². The molecule has 0 saturated heterocycles. The van der Waals surface area contributed by atoms with E-state index < -0.39 is 0 Å². The zero-order valence-corrected chi connectivity index (χ0v) is 10.8. The maximum Gasteiger partial charge on any atom is 0.341 e. The molecule has 0 amide bonds. The van der Waals surface area contributed by atoms with Crippen molar-refractivity contribution in [1.82, 2.24) is 0 Å². The van der Waals surface area contributed by atoms with Gasteiger partial charge in [-0.05, 0) is 32.9 Å². The number of esters is 1. The van der Waals surface area contributed by atoms with Gasteiger partial charge in [0.2, 0.25) is 0 Å². The molecule has 2 rings (SSSR count). The molecule has 0 aliphatic heterocycles. The number of rotatable bonds is 3. The number of aryl methyl sites for hydroxylation is 2. The summed E-state index contributed by atoms with van der Waals surface area (Å²) in [5, 5.41) is 0. The summed E-state index contributed by atoms with van der Waals surface area (Å²) < 4.78 is 10.6. The third kappa shape index (κ3) is 2.45. The average Bonchev–Trinajstić information content (AvgIpc) is 2.72. The average molecular weight is 244 g/mol. The van der Waals surface area contributed by atoms with Gasteiger partial charge in [0.05, 0.1) is 6.61 Å². The van der Waals surface area contributed by atoms with Crippen LogP contribution in [-0.4, -0.2) is 12.6 Å². The minimum absolute atomic E-state index is 0.336. The van der Waals surface area contributed by atoms with E-state index in [2.05, 4.69) is 0 Å². The highest BCUT2D eigenvalue weighted by molar-refractivity contribution is 5.91. The zero-order valence-electron chi connectivity index (χ0n) is 10.8. The fourth-order valence-corrected chi connectivity index (χ4v) is 1.83. The summed E-state index contributed by atoms with van der Waals surface area (Å²) in [6.45, 7) is 5.94. The lowest BCUT2D eigenvalue weighted by Gasteiger charge is -1.97. The van der Waals surface area contributed by atoms with Gasteiger partial charge in [0.1, 0.15) is 17.1 Å². The number of furan rings is 1. The SMILES string of the molecule is CCOC(=O)c1cc(-c2cccc(C)c2)oc1C. The molecule has 0 saturated carbocycles. The second kappa shape index (κ2) is 5.08. The maximum absolute atomic E-state index is 11.7. The molecule has 0 aliphatic rings. The summed E-state index contributed by atoms with van der Waals surface area (Å²) in [5.41, 5.74) is 2.61. The van der Waals surface area contributed by atoms with Gasteiger partial charge in [-0.1, -0.05) is 23.8 Å². The molecular weight excluding hydrogens is 228 g/mol. The monoisotopic (exact) mass is 244 g/mol. The molecule has 94 valence electrons. The summed E-state index contributed by atoms with van der Waals surface area (Å²) in [7, 11) is 0. The number of hydrogen-bond donors (Lipinski definition) is 0. The fourth-order valence-electron chi connectivity index (χ4n) is 1.83. The van der Waals surface area contributed by atoms with E-state index in [9.17, 15) is 4.79 Å². The van der Waals surface area contributed by atoms with Crippen LogP contribution in [0, 0.1) is 13.8 Å². The van der Waals surface area contributed by atoms with Crippen molar-refractivity contribution in [1.29, 1.82) is 0 Å². The van der Waals surface area contributed by atoms with Crippen molar-refractivity contribution in [3.8, 4) is 11.3 Å². The third-order valence-electron chi connectivity index (χ3n) is 2.72. The number of benzene rings is 1. The summed E-state index contributed by atoms with van der Waals surface area (Å²) in [5.74, 6) is 0.946. The Labute approximate surface area is 106 Å². The van der Waals surface area contributed by atoms with Crippen LogP contribution in [0.2, 0.25) is 0 Å². The van der Waals surface area contributed by atoms with Crippen LogP contribution in [0.4, 0.5) is 0 Å². The molecule has 3 heteroatoms. The first-order valence-electron chi connectivity index (χ1n) is 5.96. The van der Waals surface area contributed by atoms with Crippen LogP contribution in [-0.2, 0) is 4.74 Å². The van der Waals surface area contributed by atoms with E-state index in [1.165, 1.54) is 0 Å². The molecule has 0 N–H and O–H groups in total. The predicted molar refractivity (Wildman–Crippen MR) is 69.6 cm³/mol. The molecule has 1 heterocycles. The van der Waals surface area contributed by atoms with Crippen LogP contribution in [0.25, 0.3) is 11.3 Å². The van der Waals surface area contributed by atoms with Crippen LogP contribution >= 0.6 is 0 Å². The summed E-state index contributed by atoms with van der Waals surface area (Å²) in [6, 6.07) is 9.70. The van der Waals surface area contributed by atoms with Crippen molar-refractivity contribution in [2.45, 2.75) is 20.8 Å². The maximum atomic E-state index is 11.7. The minimum Gasteiger partial charge on any atom is -0.462 e. The molecule has 0 atom stereocenters. The molecule has 0 unspecified atom stereocenters. The first-order chi connectivity index (χ1) is 8.61. The van der Waals surface area contributed by atoms with Crippen molar-refractivity contribution in [3.05, 3.63) is 47.2 Å². The second-order valence-electron chi connectivity index (χ2n) is 4.17. The summed E-state index contributed by atoms with van der Waals surface area (Å²) >= 11 is 0. The summed E-state index contributed by atoms with van der Waals surface area (Å²) in [6.07, 6.45) is 0. The highest BCUT2D eigenvalue weighted by Crippen LogP contribution is 2.26. The van der Waals surface area contributed by atoms with E-state index in [-0.39, 0.29) is 5.97 Å². The van der Waals surface area contributed by atoms with Gasteiger partial charge >= 0.3 is 5.97 Å². The Morgan fingerprint density at radius 2 is 2.06 bits per heavy atom. The van der Waals surface area contributed by atoms with Gasteiger partial charge in [-0.25, -0.2) is 4.79 Å². The van der Waals surface area contributed by atoms with Gasteiger partial charge < -0.3 is 9.15 Å². The Balaban J connectivity index is 2.37. The van der Waals surface area contributed by atoms with E-state index in [1.54, 1.807) is 19.9 Å². The molecule has 3 nitrogen and oxygen atoms in total. The third-order valence-corrected chi connectivity index (χ3v) is 2.72. The van der Waals surface area contributed by atoms with Crippen LogP contribution in [0.15, 0.2) is 34.7 Å². The number of hydrogen-bond acceptors (Lipinski definition) is 3. The lowest BCUT2D eigenvalue weighted by molar-refractivity contribution is 0.0524. The van der Waals surface area contributed by atoms with Crippen LogP contribution in [0.5, 0.6) is 0 Å². The Kier molecular flexibility index (Phi) is 3.51. The van der Waals surface area contributed by atoms with E-state index >= 15 is 0 Å². The minimum atomic E-state index is -0.336. The number of ether oxygens (including phenoxy) is 1. The van der Waals surface area contributed by atoms with Gasteiger partial charge in [0.25, 0.3) is 0 Å². The van der Waals surface area contributed by atoms with Crippen LogP contribution in [0.3, 0.4) is 0 Å². The molecule has 2 aromatic rings. The first kappa shape index (κ1) is 12.4. The molecule has 1 aromatic heterocycles. The lowest BCUT2D eigenvalue weighted by atomic mass is 10.1. The molecule has 1 aromatic carbocycles. The normalized spacial score (nSPS) is 10.4. The number of carbonyl (C=O) groups excluding carboxylic acids is 1. The second-order valence-corrected chi connectivity index (χ2v) is 4.17. The Morgan fingerprint density at radius 1 is 1.28 bits per heavy atom. The Morgan fingerprint density at radius 3 is 2.72 bits per heavy atom. The quantitative estimate of drug-likeness (QED) is 0.772. The lowest BCUT2D eigenvalue weighted by Crippen LogP contribution is -2.04. The fraction of sp³-hybridized carbons (Fsp3) is 0.267. The largest absolute Gasteiger partial charge is 0.462 e. The van der Waals surface area contributed by atoms with Gasteiger partial charge in [0.15, 0.2) is 0 Å². The van der Waals surface area contributed by atoms with E-state index in [0.717, 1.165) is 11.1 Å². The van der Waals surface area contributed by atoms with Crippen molar-refractivity contribution in [2.75, 3.05) is 6.61 Å². The Bertz CT molecular complexity index is 567. The molecular formula is C15H16O3. The van der Waals surface area contributed by atoms with Crippen LogP contribution < -0.4 is 0 Å². The predicted octanol–water partition coefficient (Wildman–Crippen LogP) is 3.74. The van der Waals surface area contributed by atoms with Crippen molar-refractivity contribution in [3.63, 3.8) is 0 Å². The van der Waals surface area contributed by atoms with E-state index in [0.29, 0.717) is 23.7 Å². The Hall–Kier alpha value is -2.03. The topological polar surface area (TPSA) is 39.4 Å². The van der Waals surface area contributed by atoms with Crippen LogP contribution in [0.1, 0.15) is 28.6 Å².